The van der Waals surface area contributed by atoms with Crippen LogP contribution in [0.4, 0.5) is 0 Å². The Morgan fingerprint density at radius 3 is 2.33 bits per heavy atom. The van der Waals surface area contributed by atoms with Crippen LogP contribution in [0.25, 0.3) is 0 Å². The smallest absolute Gasteiger partial charge is 0.273 e. The molecule has 0 aromatic carbocycles. The van der Waals surface area contributed by atoms with Crippen molar-refractivity contribution in [2.45, 2.75) is 39.5 Å². The van der Waals surface area contributed by atoms with Crippen molar-refractivity contribution in [3.63, 3.8) is 0 Å². The minimum atomic E-state index is 0. The van der Waals surface area contributed by atoms with Gasteiger partial charge < -0.3 is 0 Å². The molecule has 0 amide bonds. The molecule has 0 aliphatic heterocycles. The first kappa shape index (κ1) is 14.7. The average Bonchev–Trinajstić information content (AvgIpc) is 2.91. The van der Waals surface area contributed by atoms with Crippen molar-refractivity contribution >= 4 is 23.1 Å². The van der Waals surface area contributed by atoms with Gasteiger partial charge in [-0.25, -0.2) is 17.7 Å². The van der Waals surface area contributed by atoms with Crippen LogP contribution in [0.5, 0.6) is 0 Å². The quantitative estimate of drug-likeness (QED) is 0.481. The van der Waals surface area contributed by atoms with Gasteiger partial charge in [-0.3, -0.25) is 12.2 Å². The largest absolute Gasteiger partial charge is 2.00 e. The van der Waals surface area contributed by atoms with Crippen LogP contribution in [-0.4, -0.2) is 23.1 Å². The fourth-order valence-corrected chi connectivity index (χ4v) is 1.58. The molecule has 0 atom stereocenters. The van der Waals surface area contributed by atoms with Crippen LogP contribution in [0.3, 0.4) is 0 Å². The summed E-state index contributed by atoms with van der Waals surface area (Å²) >= 11 is 0. The number of hydrogen-bond acceptors (Lipinski definition) is 0. The van der Waals surface area contributed by atoms with E-state index in [1.165, 1.54) is 17.6 Å². The van der Waals surface area contributed by atoms with Crippen LogP contribution in [0.1, 0.15) is 39.5 Å². The van der Waals surface area contributed by atoms with Gasteiger partial charge in [0.05, 0.1) is 0 Å². The van der Waals surface area contributed by atoms with E-state index in [1.54, 1.807) is 0 Å². The number of hydrogen-bond donors (Lipinski definition) is 0. The van der Waals surface area contributed by atoms with Crippen LogP contribution in [0, 0.1) is 12.2 Å². The van der Waals surface area contributed by atoms with E-state index in [2.05, 4.69) is 38.2 Å². The van der Waals surface area contributed by atoms with E-state index >= 15 is 0 Å². The third kappa shape index (κ3) is 5.38. The summed E-state index contributed by atoms with van der Waals surface area (Å²) in [4.78, 5) is 0. The van der Waals surface area contributed by atoms with Gasteiger partial charge in [0, 0.05) is 0 Å². The molecule has 76 valence electrons. The summed E-state index contributed by atoms with van der Waals surface area (Å²) in [7, 11) is 0. The van der Waals surface area contributed by atoms with E-state index in [0.717, 1.165) is 19.3 Å². The molecule has 2 rings (SSSR count). The Bertz CT molecular complexity index is 252. The van der Waals surface area contributed by atoms with Crippen LogP contribution < -0.4 is 0 Å². The molecule has 0 radical (unpaired) electrons. The molecule has 0 unspecified atom stereocenters. The zero-order valence-corrected chi connectivity index (χ0v) is 11.3. The second kappa shape index (κ2) is 8.99. The third-order valence-electron chi connectivity index (χ3n) is 2.37. The molecule has 0 spiro atoms. The van der Waals surface area contributed by atoms with Crippen LogP contribution >= 0.6 is 0 Å². The maximum Gasteiger partial charge on any atom is 2.00 e. The second-order valence-corrected chi connectivity index (χ2v) is 3.30. The molecule has 0 aromatic heterocycles. The molecule has 2 aliphatic rings. The molecule has 0 fully saturated rings. The molecule has 0 N–H and O–H groups in total. The fraction of sp³-hybridized carbons (Fsp3) is 0.429. The standard InChI is InChI=1S/C9H13.C5H5.Mg/c1-3-8-6-5-7-9(8)4-2;1-2-4-5-3-1;/h6H,3-5H2,1-2H3;1-3H,4H2;/q2*-1;+2. The summed E-state index contributed by atoms with van der Waals surface area (Å²) < 4.78 is 0. The Hall–Kier alpha value is -0.274. The summed E-state index contributed by atoms with van der Waals surface area (Å²) in [5.74, 6) is 0. The normalized spacial score (nSPS) is 16.4. The fourth-order valence-electron chi connectivity index (χ4n) is 1.58. The molecule has 0 aromatic rings. The molecule has 15 heavy (non-hydrogen) atoms. The first-order valence-corrected chi connectivity index (χ1v) is 5.39. The monoisotopic (exact) mass is 210 g/mol. The molecule has 2 aliphatic carbocycles. The van der Waals surface area contributed by atoms with E-state index in [4.69, 9.17) is 0 Å². The van der Waals surface area contributed by atoms with Crippen molar-refractivity contribution < 1.29 is 0 Å². The Kier molecular flexibility index (Phi) is 8.82. The first-order chi connectivity index (χ1) is 6.88. The predicted molar refractivity (Wildman–Crippen MR) is 67.4 cm³/mol. The molecule has 0 heterocycles. The zero-order chi connectivity index (χ0) is 10.2. The maximum atomic E-state index is 3.33. The molecule has 0 nitrogen and oxygen atoms in total. The van der Waals surface area contributed by atoms with Gasteiger partial charge in [0.1, 0.15) is 0 Å². The zero-order valence-electron chi connectivity index (χ0n) is 9.84. The number of rotatable bonds is 2. The van der Waals surface area contributed by atoms with E-state index in [-0.39, 0.29) is 23.1 Å². The first-order valence-electron chi connectivity index (χ1n) is 5.39. The van der Waals surface area contributed by atoms with Gasteiger partial charge in [-0.05, 0) is 0 Å². The van der Waals surface area contributed by atoms with Crippen molar-refractivity contribution in [3.05, 3.63) is 47.6 Å². The topological polar surface area (TPSA) is 0 Å². The van der Waals surface area contributed by atoms with Crippen LogP contribution in [0.15, 0.2) is 35.5 Å². The van der Waals surface area contributed by atoms with Gasteiger partial charge in [0.2, 0.25) is 0 Å². The predicted octanol–water partition coefficient (Wildman–Crippen LogP) is 3.79. The van der Waals surface area contributed by atoms with Gasteiger partial charge in [-0.1, -0.05) is 26.7 Å². The van der Waals surface area contributed by atoms with Crippen LogP contribution in [0.2, 0.25) is 0 Å². The van der Waals surface area contributed by atoms with Crippen molar-refractivity contribution in [2.24, 2.45) is 0 Å². The van der Waals surface area contributed by atoms with E-state index in [9.17, 15) is 0 Å². The van der Waals surface area contributed by atoms with Crippen molar-refractivity contribution in [1.82, 2.24) is 0 Å². The van der Waals surface area contributed by atoms with E-state index < -0.39 is 0 Å². The van der Waals surface area contributed by atoms with Crippen LogP contribution in [-0.2, 0) is 0 Å². The van der Waals surface area contributed by atoms with Gasteiger partial charge in [-0.2, -0.15) is 17.7 Å². The van der Waals surface area contributed by atoms with Crippen molar-refractivity contribution in [3.8, 4) is 0 Å². The van der Waals surface area contributed by atoms with Gasteiger partial charge in [0.25, 0.3) is 0 Å². The Balaban J connectivity index is 0.000000280. The maximum absolute atomic E-state index is 3.33. The molecule has 0 saturated heterocycles. The second-order valence-electron chi connectivity index (χ2n) is 3.30. The number of allylic oxidation sites excluding steroid dienone is 8. The Morgan fingerprint density at radius 1 is 1.20 bits per heavy atom. The van der Waals surface area contributed by atoms with Gasteiger partial charge >= 0.3 is 23.1 Å². The molecule has 1 heteroatoms. The minimum absolute atomic E-state index is 0. The summed E-state index contributed by atoms with van der Waals surface area (Å²) in [5, 5.41) is 0. The molecular formula is C14H18Mg. The third-order valence-corrected chi connectivity index (χ3v) is 2.37. The van der Waals surface area contributed by atoms with E-state index in [1.807, 2.05) is 12.2 Å². The summed E-state index contributed by atoms with van der Waals surface area (Å²) in [6.07, 6.45) is 19.0. The Morgan fingerprint density at radius 2 is 2.00 bits per heavy atom. The summed E-state index contributed by atoms with van der Waals surface area (Å²) in [6, 6.07) is 0. The minimum Gasteiger partial charge on any atom is -0.273 e. The molecule has 0 bridgehead atoms. The SMILES string of the molecule is CCC1=[C-]CC=C1CC.[C-]1=CC=CC1.[Mg+2]. The average molecular weight is 211 g/mol. The van der Waals surface area contributed by atoms with Crippen molar-refractivity contribution in [2.75, 3.05) is 0 Å². The summed E-state index contributed by atoms with van der Waals surface area (Å²) in [6.45, 7) is 4.39. The van der Waals surface area contributed by atoms with Crippen molar-refractivity contribution in [1.29, 1.82) is 0 Å². The molecular weight excluding hydrogens is 192 g/mol. The van der Waals surface area contributed by atoms with Gasteiger partial charge in [-0.15, -0.1) is 12.8 Å². The summed E-state index contributed by atoms with van der Waals surface area (Å²) in [5.41, 5.74) is 2.95. The van der Waals surface area contributed by atoms with Gasteiger partial charge in [0.15, 0.2) is 0 Å². The molecule has 0 saturated carbocycles. The Labute approximate surface area is 110 Å². The van der Waals surface area contributed by atoms with E-state index in [0.29, 0.717) is 0 Å².